The van der Waals surface area contributed by atoms with Gasteiger partial charge < -0.3 is 57.6 Å². The van der Waals surface area contributed by atoms with Gasteiger partial charge in [0.1, 0.15) is 53.9 Å². The van der Waals surface area contributed by atoms with Crippen LogP contribution in [-0.2, 0) is 61.9 Å². The predicted molar refractivity (Wildman–Crippen MR) is 168 cm³/mol. The summed E-state index contributed by atoms with van der Waals surface area (Å²) in [5.41, 5.74) is -14.5. The van der Waals surface area contributed by atoms with Gasteiger partial charge in [-0.15, -0.1) is 0 Å². The van der Waals surface area contributed by atoms with E-state index in [-0.39, 0.29) is 12.8 Å². The third-order valence-corrected chi connectivity index (χ3v) is 14.1. The SMILES string of the molecule is CCC(=O)OC[C@]12[C@@H](CC(=O)OC)[C@@]3(C)C[C@@]14O[C@@]1(C)O[C@]5([C@@H]6CC(=O)O[C@H](c7ccoc7)[C@]6(C)[C@@H](OC(C)=O)[C@@H](O)[C@]52O1)[C@H](O)[C@]4(O)[C@H]3OC(C)=O. The fraction of sp³-hybridized carbons (Fsp3) is 0.750. The molecule has 3 N–H and O–H groups in total. The maximum atomic E-state index is 13.9. The molecule has 15 atom stereocenters. The second kappa shape index (κ2) is 10.8. The van der Waals surface area contributed by atoms with Crippen LogP contribution in [0, 0.1) is 28.1 Å². The number of cyclic esters (lactones) is 1. The van der Waals surface area contributed by atoms with Crippen molar-refractivity contribution in [1.82, 2.24) is 0 Å². The topological polar surface area (TPSA) is 233 Å². The number of methoxy groups -OCH3 is 1. The van der Waals surface area contributed by atoms with Gasteiger partial charge in [-0.2, -0.15) is 0 Å². The van der Waals surface area contributed by atoms with Gasteiger partial charge in [-0.1, -0.05) is 20.8 Å². The average molecular weight is 749 g/mol. The number of hydrogen-bond acceptors (Lipinski definition) is 17. The largest absolute Gasteiger partial charge is 0.472 e. The van der Waals surface area contributed by atoms with Crippen molar-refractivity contribution in [2.24, 2.45) is 28.1 Å². The normalized spacial score (nSPS) is 50.8. The fourth-order valence-electron chi connectivity index (χ4n) is 12.8. The lowest BCUT2D eigenvalue weighted by atomic mass is 9.32. The van der Waals surface area contributed by atoms with Crippen molar-refractivity contribution in [3.8, 4) is 0 Å². The Morgan fingerprint density at radius 1 is 1.00 bits per heavy atom. The van der Waals surface area contributed by atoms with Crippen molar-refractivity contribution in [1.29, 1.82) is 0 Å². The van der Waals surface area contributed by atoms with Crippen LogP contribution in [0.5, 0.6) is 0 Å². The molecule has 4 bridgehead atoms. The van der Waals surface area contributed by atoms with Crippen LogP contribution in [0.3, 0.4) is 0 Å². The summed E-state index contributed by atoms with van der Waals surface area (Å²) < 4.78 is 55.0. The molecule has 7 fully saturated rings. The number of fused-ring (bicyclic) bond motifs is 3. The van der Waals surface area contributed by atoms with Gasteiger partial charge in [-0.25, -0.2) is 0 Å². The molecule has 53 heavy (non-hydrogen) atoms. The quantitative estimate of drug-likeness (QED) is 0.246. The first-order valence-corrected chi connectivity index (χ1v) is 17.7. The Morgan fingerprint density at radius 2 is 1.70 bits per heavy atom. The zero-order chi connectivity index (χ0) is 38.5. The van der Waals surface area contributed by atoms with Gasteiger partial charge in [0.05, 0.1) is 36.9 Å². The summed E-state index contributed by atoms with van der Waals surface area (Å²) in [4.78, 5) is 66.5. The zero-order valence-corrected chi connectivity index (χ0v) is 30.4. The minimum Gasteiger partial charge on any atom is -0.472 e. The number of ether oxygens (including phenoxy) is 8. The Labute approximate surface area is 303 Å². The third kappa shape index (κ3) is 3.72. The Bertz CT molecular complexity index is 1800. The summed E-state index contributed by atoms with van der Waals surface area (Å²) in [6.07, 6.45) is -7.42. The number of aliphatic hydroxyl groups is 3. The summed E-state index contributed by atoms with van der Waals surface area (Å²) in [6, 6.07) is 1.53. The van der Waals surface area contributed by atoms with E-state index in [0.717, 1.165) is 13.8 Å². The van der Waals surface area contributed by atoms with E-state index in [0.29, 0.717) is 5.56 Å². The van der Waals surface area contributed by atoms with Gasteiger partial charge in [0.25, 0.3) is 5.97 Å². The van der Waals surface area contributed by atoms with Crippen molar-refractivity contribution in [2.75, 3.05) is 13.7 Å². The van der Waals surface area contributed by atoms with Gasteiger partial charge in [0.2, 0.25) is 0 Å². The lowest BCUT2D eigenvalue weighted by molar-refractivity contribution is -0.497. The summed E-state index contributed by atoms with van der Waals surface area (Å²) >= 11 is 0. The second-order valence-electron chi connectivity index (χ2n) is 16.3. The van der Waals surface area contributed by atoms with E-state index in [1.54, 1.807) is 20.8 Å². The molecule has 4 aliphatic carbocycles. The Hall–Kier alpha value is -3.61. The molecule has 8 rings (SSSR count). The van der Waals surface area contributed by atoms with Crippen LogP contribution < -0.4 is 0 Å². The van der Waals surface area contributed by atoms with Crippen LogP contribution in [0.2, 0.25) is 0 Å². The molecule has 3 aliphatic heterocycles. The summed E-state index contributed by atoms with van der Waals surface area (Å²) in [7, 11) is 1.17. The number of carbonyl (C=O) groups is 5. The first kappa shape index (κ1) is 36.4. The van der Waals surface area contributed by atoms with E-state index in [1.807, 2.05) is 0 Å². The van der Waals surface area contributed by atoms with Crippen molar-refractivity contribution >= 4 is 29.8 Å². The fourth-order valence-corrected chi connectivity index (χ4v) is 12.8. The summed E-state index contributed by atoms with van der Waals surface area (Å²) in [5.74, 6) is -8.67. The summed E-state index contributed by atoms with van der Waals surface area (Å²) in [6.45, 7) is 7.72. The van der Waals surface area contributed by atoms with Crippen LogP contribution in [0.25, 0.3) is 0 Å². The molecule has 4 heterocycles. The zero-order valence-electron chi connectivity index (χ0n) is 30.4. The molecular weight excluding hydrogens is 704 g/mol. The second-order valence-corrected chi connectivity index (χ2v) is 16.3. The highest BCUT2D eigenvalue weighted by Crippen LogP contribution is 2.89. The monoisotopic (exact) mass is 748 g/mol. The molecule has 0 radical (unpaired) electrons. The smallest absolute Gasteiger partial charge is 0.306 e. The molecular formula is C36H44O17. The molecule has 290 valence electrons. The standard InChI is InChI=1S/C36H44O17/c1-8-21(39)47-15-32-19(11-22(40)45-7)29(4)14-33(32)34(44,28(29)49-17(3)38)27(43)35-20-12-23(41)50-25(18-9-10-46-13-18)30(20,5)26(48-16(2)37)24(42)36(32,35)53-31(6,51-33)52-35/h9-10,13,19-20,24-28,42-44H,8,11-12,14-15H2,1-7H3/t19-,20+,24+,25+,26-,27+,28-,29+,30+,31-,32-,33+,34-,35+,36+/m0/s1. The molecule has 7 aliphatic rings. The first-order valence-electron chi connectivity index (χ1n) is 17.7. The van der Waals surface area contributed by atoms with Crippen molar-refractivity contribution in [3.63, 3.8) is 0 Å². The first-order chi connectivity index (χ1) is 24.8. The molecule has 17 heteroatoms. The number of carbonyl (C=O) groups excluding carboxylic acids is 5. The molecule has 2 spiro atoms. The number of aliphatic hydroxyl groups excluding tert-OH is 2. The van der Waals surface area contributed by atoms with Crippen LogP contribution in [0.15, 0.2) is 23.0 Å². The highest BCUT2D eigenvalue weighted by Gasteiger charge is 3.06. The van der Waals surface area contributed by atoms with Crippen LogP contribution in [0.4, 0.5) is 0 Å². The van der Waals surface area contributed by atoms with Gasteiger partial charge in [-0.05, 0) is 18.4 Å². The van der Waals surface area contributed by atoms with E-state index in [2.05, 4.69) is 0 Å². The highest BCUT2D eigenvalue weighted by molar-refractivity contribution is 5.74. The lowest BCUT2D eigenvalue weighted by Crippen LogP contribution is -2.98. The summed E-state index contributed by atoms with van der Waals surface area (Å²) in [5, 5.41) is 40.1. The van der Waals surface area contributed by atoms with Crippen LogP contribution in [-0.4, -0.2) is 112 Å². The van der Waals surface area contributed by atoms with E-state index < -0.39 is 136 Å². The van der Waals surface area contributed by atoms with Crippen molar-refractivity contribution in [2.45, 2.75) is 126 Å². The number of hydrogen-bond donors (Lipinski definition) is 3. The van der Waals surface area contributed by atoms with Crippen LogP contribution in [0.1, 0.15) is 78.9 Å². The molecule has 0 amide bonds. The molecule has 1 aromatic rings. The number of furan rings is 1. The Morgan fingerprint density at radius 3 is 2.30 bits per heavy atom. The maximum absolute atomic E-state index is 13.9. The van der Waals surface area contributed by atoms with Gasteiger partial charge >= 0.3 is 29.8 Å². The van der Waals surface area contributed by atoms with Gasteiger partial charge in [0, 0.05) is 50.5 Å². The van der Waals surface area contributed by atoms with Gasteiger partial charge in [-0.3, -0.25) is 24.0 Å². The molecule has 3 saturated heterocycles. The molecule has 4 saturated carbocycles. The molecule has 1 aromatic heterocycles. The number of esters is 5. The number of rotatable bonds is 8. The lowest BCUT2D eigenvalue weighted by Gasteiger charge is -2.78. The van der Waals surface area contributed by atoms with E-state index in [9.17, 15) is 39.3 Å². The van der Waals surface area contributed by atoms with E-state index in [4.69, 9.17) is 42.3 Å². The molecule has 17 nitrogen and oxygen atoms in total. The van der Waals surface area contributed by atoms with E-state index >= 15 is 0 Å². The van der Waals surface area contributed by atoms with Crippen LogP contribution >= 0.6 is 0 Å². The maximum Gasteiger partial charge on any atom is 0.306 e. The van der Waals surface area contributed by atoms with Gasteiger partial charge in [0.15, 0.2) is 5.60 Å². The average Bonchev–Trinajstić information content (AvgIpc) is 3.79. The minimum atomic E-state index is -2.63. The van der Waals surface area contributed by atoms with E-state index in [1.165, 1.54) is 32.6 Å². The molecule has 0 unspecified atom stereocenters. The van der Waals surface area contributed by atoms with Crippen molar-refractivity contribution < 1.29 is 81.6 Å². The van der Waals surface area contributed by atoms with Crippen molar-refractivity contribution in [3.05, 3.63) is 24.2 Å². The Balaban J connectivity index is 1.52. The third-order valence-electron chi connectivity index (χ3n) is 14.1. The molecule has 0 aromatic carbocycles. The Kier molecular flexibility index (Phi) is 7.40. The predicted octanol–water partition coefficient (Wildman–Crippen LogP) is 0.743. The highest BCUT2D eigenvalue weighted by atomic mass is 16.9. The minimum absolute atomic E-state index is 0.101.